The zero-order valence-corrected chi connectivity index (χ0v) is 13.5. The average molecular weight is 354 g/mol. The number of nitrogens with zero attached hydrogens (tertiary/aromatic N) is 1. The molecule has 0 saturated heterocycles. The second kappa shape index (κ2) is 6.29. The number of amides is 1. The molecule has 1 amide bonds. The molecule has 3 nitrogen and oxygen atoms in total. The van der Waals surface area contributed by atoms with Gasteiger partial charge < -0.3 is 10.2 Å². The third-order valence-electron chi connectivity index (χ3n) is 2.80. The molecule has 0 heterocycles. The molecule has 0 unspecified atom stereocenters. The van der Waals surface area contributed by atoms with Gasteiger partial charge >= 0.3 is 0 Å². The molecule has 104 valence electrons. The second-order valence-corrected chi connectivity index (χ2v) is 5.79. The van der Waals surface area contributed by atoms with E-state index in [9.17, 15) is 4.79 Å². The summed E-state index contributed by atoms with van der Waals surface area (Å²) in [4.78, 5) is 14.2. The molecule has 0 aromatic heterocycles. The second-order valence-electron chi connectivity index (χ2n) is 4.53. The van der Waals surface area contributed by atoms with E-state index in [0.717, 1.165) is 10.2 Å². The minimum atomic E-state index is -0.160. The van der Waals surface area contributed by atoms with E-state index in [1.165, 1.54) is 0 Å². The van der Waals surface area contributed by atoms with Gasteiger partial charge in [-0.1, -0.05) is 17.7 Å². The number of nitrogens with one attached hydrogen (secondary N) is 1. The Hall–Kier alpha value is -1.52. The number of carbonyl (C=O) groups excluding carboxylic acids is 1. The SMILES string of the molecule is CN(C)c1cccc(C(=O)Nc2ccc(Br)c(Cl)c2)c1. The number of hydrogen-bond acceptors (Lipinski definition) is 2. The van der Waals surface area contributed by atoms with Crippen molar-refractivity contribution < 1.29 is 4.79 Å². The quantitative estimate of drug-likeness (QED) is 0.886. The Balaban J connectivity index is 2.19. The predicted octanol–water partition coefficient (Wildman–Crippen LogP) is 4.42. The molecule has 2 aromatic carbocycles. The van der Waals surface area contributed by atoms with Crippen LogP contribution in [-0.4, -0.2) is 20.0 Å². The molecule has 1 N–H and O–H groups in total. The fraction of sp³-hybridized carbons (Fsp3) is 0.133. The van der Waals surface area contributed by atoms with Crippen LogP contribution in [0.4, 0.5) is 11.4 Å². The summed E-state index contributed by atoms with van der Waals surface area (Å²) in [6.07, 6.45) is 0. The first kappa shape index (κ1) is 14.9. The third-order valence-corrected chi connectivity index (χ3v) is 4.03. The summed E-state index contributed by atoms with van der Waals surface area (Å²) >= 11 is 9.32. The summed E-state index contributed by atoms with van der Waals surface area (Å²) in [5.41, 5.74) is 2.25. The molecule has 2 rings (SSSR count). The third kappa shape index (κ3) is 3.52. The highest BCUT2D eigenvalue weighted by atomic mass is 79.9. The number of benzene rings is 2. The monoisotopic (exact) mass is 352 g/mol. The summed E-state index contributed by atoms with van der Waals surface area (Å²) < 4.78 is 0.798. The summed E-state index contributed by atoms with van der Waals surface area (Å²) in [5, 5.41) is 3.39. The van der Waals surface area contributed by atoms with Crippen LogP contribution in [0.1, 0.15) is 10.4 Å². The maximum atomic E-state index is 12.2. The van der Waals surface area contributed by atoms with Gasteiger partial charge in [-0.05, 0) is 52.3 Å². The van der Waals surface area contributed by atoms with Crippen LogP contribution in [0.3, 0.4) is 0 Å². The lowest BCUT2D eigenvalue weighted by molar-refractivity contribution is 0.102. The minimum Gasteiger partial charge on any atom is -0.378 e. The van der Waals surface area contributed by atoms with Gasteiger partial charge in [-0.2, -0.15) is 0 Å². The molecule has 0 atom stereocenters. The van der Waals surface area contributed by atoms with Crippen molar-refractivity contribution in [1.82, 2.24) is 0 Å². The highest BCUT2D eigenvalue weighted by Crippen LogP contribution is 2.26. The molecule has 0 bridgehead atoms. The predicted molar refractivity (Wildman–Crippen MR) is 87.9 cm³/mol. The van der Waals surface area contributed by atoms with Gasteiger partial charge in [0.25, 0.3) is 5.91 Å². The van der Waals surface area contributed by atoms with Gasteiger partial charge in [0, 0.05) is 35.5 Å². The first-order valence-corrected chi connectivity index (χ1v) is 7.18. The summed E-state index contributed by atoms with van der Waals surface area (Å²) in [6, 6.07) is 12.7. The number of halogens is 2. The molecular weight excluding hydrogens is 340 g/mol. The Labute approximate surface area is 131 Å². The van der Waals surface area contributed by atoms with Crippen LogP contribution < -0.4 is 10.2 Å². The molecule has 0 spiro atoms. The van der Waals surface area contributed by atoms with E-state index in [-0.39, 0.29) is 5.91 Å². The van der Waals surface area contributed by atoms with E-state index in [2.05, 4.69) is 21.2 Å². The van der Waals surface area contributed by atoms with Gasteiger partial charge in [-0.25, -0.2) is 0 Å². The number of carbonyl (C=O) groups is 1. The molecule has 0 aliphatic heterocycles. The van der Waals surface area contributed by atoms with Crippen LogP contribution in [0.2, 0.25) is 5.02 Å². The Bertz CT molecular complexity index is 644. The first-order valence-electron chi connectivity index (χ1n) is 6.01. The molecule has 0 fully saturated rings. The Morgan fingerprint density at radius 3 is 2.60 bits per heavy atom. The molecule has 5 heteroatoms. The Kier molecular flexibility index (Phi) is 4.68. The molecule has 2 aromatic rings. The van der Waals surface area contributed by atoms with Gasteiger partial charge in [-0.3, -0.25) is 4.79 Å². The van der Waals surface area contributed by atoms with Crippen molar-refractivity contribution in [1.29, 1.82) is 0 Å². The lowest BCUT2D eigenvalue weighted by Crippen LogP contribution is -2.14. The van der Waals surface area contributed by atoms with Crippen LogP contribution in [0.5, 0.6) is 0 Å². The van der Waals surface area contributed by atoms with Crippen LogP contribution in [0.25, 0.3) is 0 Å². The van der Waals surface area contributed by atoms with Gasteiger partial charge in [-0.15, -0.1) is 0 Å². The molecule has 0 saturated carbocycles. The first-order chi connectivity index (χ1) is 9.47. The van der Waals surface area contributed by atoms with Crippen molar-refractivity contribution >= 4 is 44.8 Å². The molecular formula is C15H14BrClN2O. The van der Waals surface area contributed by atoms with E-state index in [4.69, 9.17) is 11.6 Å². The van der Waals surface area contributed by atoms with Crippen molar-refractivity contribution in [2.24, 2.45) is 0 Å². The fourth-order valence-corrected chi connectivity index (χ4v) is 2.13. The van der Waals surface area contributed by atoms with Crippen molar-refractivity contribution in [3.05, 3.63) is 57.5 Å². The Morgan fingerprint density at radius 1 is 1.20 bits per heavy atom. The number of rotatable bonds is 3. The molecule has 0 aliphatic rings. The van der Waals surface area contributed by atoms with E-state index in [1.807, 2.05) is 37.2 Å². The number of hydrogen-bond donors (Lipinski definition) is 1. The zero-order valence-electron chi connectivity index (χ0n) is 11.2. The van der Waals surface area contributed by atoms with Crippen molar-refractivity contribution in [2.45, 2.75) is 0 Å². The van der Waals surface area contributed by atoms with Gasteiger partial charge in [0.15, 0.2) is 0 Å². The zero-order chi connectivity index (χ0) is 14.7. The summed E-state index contributed by atoms with van der Waals surface area (Å²) in [7, 11) is 3.87. The molecule has 0 aliphatic carbocycles. The maximum Gasteiger partial charge on any atom is 0.255 e. The van der Waals surface area contributed by atoms with E-state index in [0.29, 0.717) is 16.3 Å². The fourth-order valence-electron chi connectivity index (χ4n) is 1.70. The van der Waals surface area contributed by atoms with Crippen LogP contribution in [-0.2, 0) is 0 Å². The standard InChI is InChI=1S/C15H14BrClN2O/c1-19(2)12-5-3-4-10(8-12)15(20)18-11-6-7-13(16)14(17)9-11/h3-9H,1-2H3,(H,18,20). The minimum absolute atomic E-state index is 0.160. The van der Waals surface area contributed by atoms with E-state index >= 15 is 0 Å². The largest absolute Gasteiger partial charge is 0.378 e. The van der Waals surface area contributed by atoms with Crippen LogP contribution in [0.15, 0.2) is 46.9 Å². The van der Waals surface area contributed by atoms with Gasteiger partial charge in [0.1, 0.15) is 0 Å². The topological polar surface area (TPSA) is 32.3 Å². The van der Waals surface area contributed by atoms with Gasteiger partial charge in [0.2, 0.25) is 0 Å². The molecule has 20 heavy (non-hydrogen) atoms. The highest BCUT2D eigenvalue weighted by Gasteiger charge is 2.08. The summed E-state index contributed by atoms with van der Waals surface area (Å²) in [6.45, 7) is 0. The van der Waals surface area contributed by atoms with Crippen molar-refractivity contribution in [3.8, 4) is 0 Å². The average Bonchev–Trinajstić information content (AvgIpc) is 2.43. The van der Waals surface area contributed by atoms with Crippen molar-refractivity contribution in [2.75, 3.05) is 24.3 Å². The van der Waals surface area contributed by atoms with Gasteiger partial charge in [0.05, 0.1) is 5.02 Å². The Morgan fingerprint density at radius 2 is 1.95 bits per heavy atom. The normalized spacial score (nSPS) is 10.2. The van der Waals surface area contributed by atoms with Crippen LogP contribution in [0, 0.1) is 0 Å². The lowest BCUT2D eigenvalue weighted by Gasteiger charge is -2.13. The number of anilines is 2. The smallest absolute Gasteiger partial charge is 0.255 e. The lowest BCUT2D eigenvalue weighted by atomic mass is 10.1. The van der Waals surface area contributed by atoms with Crippen LogP contribution >= 0.6 is 27.5 Å². The maximum absolute atomic E-state index is 12.2. The van der Waals surface area contributed by atoms with E-state index in [1.54, 1.807) is 24.3 Å². The highest BCUT2D eigenvalue weighted by molar-refractivity contribution is 9.10. The molecule has 0 radical (unpaired) electrons. The van der Waals surface area contributed by atoms with E-state index < -0.39 is 0 Å². The van der Waals surface area contributed by atoms with Crippen molar-refractivity contribution in [3.63, 3.8) is 0 Å². The summed E-state index contributed by atoms with van der Waals surface area (Å²) in [5.74, 6) is -0.160.